The van der Waals surface area contributed by atoms with Gasteiger partial charge in [-0.3, -0.25) is 29.4 Å². The van der Waals surface area contributed by atoms with Crippen molar-refractivity contribution in [1.29, 1.82) is 0 Å². The van der Waals surface area contributed by atoms with E-state index in [1.165, 1.54) is 0 Å². The van der Waals surface area contributed by atoms with Gasteiger partial charge < -0.3 is 10.6 Å². The summed E-state index contributed by atoms with van der Waals surface area (Å²) in [4.78, 5) is 52.6. The largest absolute Gasteiger partial charge is 0.324 e. The second-order valence-corrected chi connectivity index (χ2v) is 8.18. The van der Waals surface area contributed by atoms with Crippen molar-refractivity contribution in [3.8, 4) is 0 Å². The molecule has 0 spiro atoms. The van der Waals surface area contributed by atoms with Gasteiger partial charge in [0.2, 0.25) is 11.8 Å². The van der Waals surface area contributed by atoms with E-state index in [4.69, 9.17) is 5.73 Å². The predicted molar refractivity (Wildman–Crippen MR) is 100 cm³/mol. The first-order valence-corrected chi connectivity index (χ1v) is 9.60. The number of fused-ring (bicyclic) bond motifs is 1. The Morgan fingerprint density at radius 3 is 2.61 bits per heavy atom. The quantitative estimate of drug-likeness (QED) is 0.711. The first-order valence-electron chi connectivity index (χ1n) is 9.60. The van der Waals surface area contributed by atoms with E-state index in [1.54, 1.807) is 12.1 Å². The molecular formula is C20H24N4O4. The lowest BCUT2D eigenvalue weighted by atomic mass is 9.77. The topological polar surface area (TPSA) is 113 Å². The van der Waals surface area contributed by atoms with Gasteiger partial charge in [0, 0.05) is 25.0 Å². The number of imide groups is 2. The zero-order valence-corrected chi connectivity index (χ0v) is 15.9. The molecule has 1 aromatic carbocycles. The van der Waals surface area contributed by atoms with Crippen LogP contribution < -0.4 is 11.1 Å². The van der Waals surface area contributed by atoms with E-state index in [0.29, 0.717) is 17.7 Å². The lowest BCUT2D eigenvalue weighted by Gasteiger charge is -2.41. The van der Waals surface area contributed by atoms with Crippen molar-refractivity contribution < 1.29 is 19.2 Å². The molecule has 2 aliphatic heterocycles. The Balaban J connectivity index is 1.57. The average Bonchev–Trinajstić information content (AvgIpc) is 2.86. The molecule has 8 heteroatoms. The number of nitrogens with two attached hydrogens (primary N) is 1. The standard InChI is InChI=1S/C20H24N4O4/c1-23(11-20(21)8-3-9-20)10-12-4-2-5-13-16(12)19(28)24(18(13)27)14-6-7-15(25)22-17(14)26/h2,4-5,14H,3,6-11,21H2,1H3,(H,22,25,26). The monoisotopic (exact) mass is 384 g/mol. The Labute approximate surface area is 163 Å². The Bertz CT molecular complexity index is 877. The number of benzene rings is 1. The van der Waals surface area contributed by atoms with Crippen molar-refractivity contribution in [2.45, 2.75) is 50.2 Å². The number of piperidine rings is 1. The molecule has 0 aromatic heterocycles. The van der Waals surface area contributed by atoms with Gasteiger partial charge in [0.1, 0.15) is 6.04 Å². The molecule has 1 atom stereocenters. The summed E-state index contributed by atoms with van der Waals surface area (Å²) in [7, 11) is 1.95. The molecule has 1 unspecified atom stereocenters. The van der Waals surface area contributed by atoms with Gasteiger partial charge in [-0.25, -0.2) is 0 Å². The van der Waals surface area contributed by atoms with E-state index in [1.807, 2.05) is 13.1 Å². The van der Waals surface area contributed by atoms with Crippen LogP contribution in [0.2, 0.25) is 0 Å². The number of amides is 4. The molecule has 1 saturated carbocycles. The number of hydrogen-bond acceptors (Lipinski definition) is 6. The highest BCUT2D eigenvalue weighted by atomic mass is 16.2. The number of nitrogens with zero attached hydrogens (tertiary/aromatic N) is 2. The van der Waals surface area contributed by atoms with Gasteiger partial charge >= 0.3 is 0 Å². The molecule has 148 valence electrons. The molecule has 1 aromatic rings. The molecule has 8 nitrogen and oxygen atoms in total. The highest BCUT2D eigenvalue weighted by Gasteiger charge is 2.45. The van der Waals surface area contributed by atoms with Crippen LogP contribution in [-0.2, 0) is 16.1 Å². The van der Waals surface area contributed by atoms with E-state index in [9.17, 15) is 19.2 Å². The number of hydrogen-bond donors (Lipinski definition) is 2. The van der Waals surface area contributed by atoms with E-state index in [2.05, 4.69) is 10.2 Å². The summed E-state index contributed by atoms with van der Waals surface area (Å²) >= 11 is 0. The number of carbonyl (C=O) groups is 4. The lowest BCUT2D eigenvalue weighted by Crippen LogP contribution is -2.54. The Morgan fingerprint density at radius 1 is 1.21 bits per heavy atom. The van der Waals surface area contributed by atoms with Gasteiger partial charge in [-0.2, -0.15) is 0 Å². The fourth-order valence-electron chi connectivity index (χ4n) is 4.39. The van der Waals surface area contributed by atoms with Crippen LogP contribution in [0.3, 0.4) is 0 Å². The molecule has 4 amide bonds. The molecule has 0 radical (unpaired) electrons. The maximum atomic E-state index is 13.1. The van der Waals surface area contributed by atoms with Crippen LogP contribution in [0.1, 0.15) is 58.4 Å². The summed E-state index contributed by atoms with van der Waals surface area (Å²) < 4.78 is 0. The molecule has 3 aliphatic rings. The van der Waals surface area contributed by atoms with Crippen molar-refractivity contribution in [2.24, 2.45) is 5.73 Å². The van der Waals surface area contributed by atoms with Gasteiger partial charge in [0.05, 0.1) is 11.1 Å². The zero-order chi connectivity index (χ0) is 20.1. The molecule has 2 fully saturated rings. The third kappa shape index (κ3) is 3.12. The van der Waals surface area contributed by atoms with Crippen LogP contribution in [0.4, 0.5) is 0 Å². The van der Waals surface area contributed by atoms with Crippen molar-refractivity contribution >= 4 is 23.6 Å². The first kappa shape index (κ1) is 18.8. The maximum Gasteiger partial charge on any atom is 0.262 e. The molecule has 4 rings (SSSR count). The van der Waals surface area contributed by atoms with Crippen LogP contribution in [0.15, 0.2) is 18.2 Å². The minimum absolute atomic E-state index is 0.109. The summed E-state index contributed by atoms with van der Waals surface area (Å²) in [5.74, 6) is -1.93. The summed E-state index contributed by atoms with van der Waals surface area (Å²) in [5.41, 5.74) is 7.56. The molecule has 0 bridgehead atoms. The SMILES string of the molecule is CN(Cc1cccc2c1C(=O)N(C1CCC(=O)NC1=O)C2=O)CC1(N)CCC1. The van der Waals surface area contributed by atoms with Gasteiger partial charge in [-0.15, -0.1) is 0 Å². The summed E-state index contributed by atoms with van der Waals surface area (Å²) in [6.45, 7) is 1.21. The first-order chi connectivity index (χ1) is 13.3. The lowest BCUT2D eigenvalue weighted by molar-refractivity contribution is -0.136. The molecule has 28 heavy (non-hydrogen) atoms. The summed E-state index contributed by atoms with van der Waals surface area (Å²) in [5, 5.41) is 2.21. The van der Waals surface area contributed by atoms with Crippen molar-refractivity contribution in [2.75, 3.05) is 13.6 Å². The van der Waals surface area contributed by atoms with Crippen LogP contribution in [0.5, 0.6) is 0 Å². The minimum atomic E-state index is -0.946. The molecule has 2 heterocycles. The molecular weight excluding hydrogens is 360 g/mol. The third-order valence-electron chi connectivity index (χ3n) is 5.93. The van der Waals surface area contributed by atoms with E-state index >= 15 is 0 Å². The van der Waals surface area contributed by atoms with Gasteiger partial charge in [0.15, 0.2) is 0 Å². The van der Waals surface area contributed by atoms with Gasteiger partial charge in [-0.05, 0) is 44.4 Å². The molecule has 1 aliphatic carbocycles. The number of nitrogens with one attached hydrogen (secondary N) is 1. The van der Waals surface area contributed by atoms with Gasteiger partial charge in [-0.1, -0.05) is 12.1 Å². The van der Waals surface area contributed by atoms with Crippen LogP contribution in [0, 0.1) is 0 Å². The van der Waals surface area contributed by atoms with Crippen LogP contribution in [0.25, 0.3) is 0 Å². The molecule has 3 N–H and O–H groups in total. The van der Waals surface area contributed by atoms with E-state index in [0.717, 1.165) is 36.3 Å². The smallest absolute Gasteiger partial charge is 0.262 e. The molecule has 1 saturated heterocycles. The highest BCUT2D eigenvalue weighted by Crippen LogP contribution is 2.32. The average molecular weight is 384 g/mol. The van der Waals surface area contributed by atoms with Crippen molar-refractivity contribution in [3.05, 3.63) is 34.9 Å². The van der Waals surface area contributed by atoms with Crippen LogP contribution >= 0.6 is 0 Å². The second kappa shape index (κ2) is 6.79. The number of carbonyl (C=O) groups excluding carboxylic acids is 4. The van der Waals surface area contributed by atoms with Crippen LogP contribution in [-0.4, -0.2) is 58.6 Å². The highest BCUT2D eigenvalue weighted by molar-refractivity contribution is 6.24. The van der Waals surface area contributed by atoms with E-state index < -0.39 is 23.8 Å². The predicted octanol–water partition coefficient (Wildman–Crippen LogP) is 0.401. The fraction of sp³-hybridized carbons (Fsp3) is 0.500. The Morgan fingerprint density at radius 2 is 1.96 bits per heavy atom. The van der Waals surface area contributed by atoms with E-state index in [-0.39, 0.29) is 24.3 Å². The maximum absolute atomic E-state index is 13.1. The number of likely N-dealkylation sites (N-methyl/N-ethyl adjacent to an activating group) is 1. The minimum Gasteiger partial charge on any atom is -0.324 e. The summed E-state index contributed by atoms with van der Waals surface area (Å²) in [6, 6.07) is 4.25. The Kier molecular flexibility index (Phi) is 4.55. The summed E-state index contributed by atoms with van der Waals surface area (Å²) in [6.07, 6.45) is 3.38. The van der Waals surface area contributed by atoms with Crippen molar-refractivity contribution in [3.63, 3.8) is 0 Å². The number of rotatable bonds is 5. The van der Waals surface area contributed by atoms with Crippen molar-refractivity contribution in [1.82, 2.24) is 15.1 Å². The normalized spacial score (nSPS) is 23.7. The second-order valence-electron chi connectivity index (χ2n) is 8.18. The Hall–Kier alpha value is -2.58. The fourth-order valence-corrected chi connectivity index (χ4v) is 4.39. The third-order valence-corrected chi connectivity index (χ3v) is 5.93. The zero-order valence-electron chi connectivity index (χ0n) is 15.9. The van der Waals surface area contributed by atoms with Gasteiger partial charge in [0.25, 0.3) is 11.8 Å².